The molecule has 0 aromatic heterocycles. The average molecular weight is 511 g/mol. The molecule has 3 aliphatic heterocycles. The van der Waals surface area contributed by atoms with Crippen LogP contribution >= 0.6 is 11.6 Å². The van der Waals surface area contributed by atoms with Crippen molar-refractivity contribution >= 4 is 29.1 Å². The lowest BCUT2D eigenvalue weighted by Gasteiger charge is -2.45. The fourth-order valence-electron chi connectivity index (χ4n) is 5.95. The van der Waals surface area contributed by atoms with Crippen LogP contribution in [0, 0.1) is 17.0 Å². The summed E-state index contributed by atoms with van der Waals surface area (Å²) in [6.07, 6.45) is 3.91. The molecular weight excluding hydrogens is 476 g/mol. The van der Waals surface area contributed by atoms with Crippen LogP contribution in [0.15, 0.2) is 48.5 Å². The van der Waals surface area contributed by atoms with Crippen molar-refractivity contribution in [3.05, 3.63) is 69.9 Å². The summed E-state index contributed by atoms with van der Waals surface area (Å²) < 4.78 is -0.687. The number of nitrogens with one attached hydrogen (secondary N) is 2. The smallest absolute Gasteiger partial charge is 0.282 e. The molecule has 2 fully saturated rings. The molecule has 2 amide bonds. The summed E-state index contributed by atoms with van der Waals surface area (Å²) >= 11 is 6.04. The number of para-hydroxylation sites is 1. The van der Waals surface area contributed by atoms with E-state index in [1.165, 1.54) is 0 Å². The highest BCUT2D eigenvalue weighted by Gasteiger charge is 2.47. The Balaban J connectivity index is 1.23. The van der Waals surface area contributed by atoms with Crippen molar-refractivity contribution in [1.82, 2.24) is 20.2 Å². The number of benzene rings is 2. The minimum Gasteiger partial charge on any atom is -0.627 e. The van der Waals surface area contributed by atoms with Crippen molar-refractivity contribution in [2.24, 2.45) is 11.8 Å². The van der Waals surface area contributed by atoms with Crippen LogP contribution in [0.3, 0.4) is 0 Å². The molecule has 36 heavy (non-hydrogen) atoms. The van der Waals surface area contributed by atoms with E-state index in [9.17, 15) is 14.8 Å². The Morgan fingerprint density at radius 3 is 2.44 bits per heavy atom. The lowest BCUT2D eigenvalue weighted by molar-refractivity contribution is -0.139. The van der Waals surface area contributed by atoms with Crippen LogP contribution in [0.2, 0.25) is 5.02 Å². The Morgan fingerprint density at radius 1 is 1.03 bits per heavy atom. The Kier molecular flexibility index (Phi) is 7.62. The minimum atomic E-state index is -0.719. The first-order chi connectivity index (χ1) is 17.4. The van der Waals surface area contributed by atoms with Crippen molar-refractivity contribution < 1.29 is 9.59 Å². The number of hydrogen-bond acceptors (Lipinski definition) is 4. The third-order valence-electron chi connectivity index (χ3n) is 8.13. The van der Waals surface area contributed by atoms with Gasteiger partial charge in [-0.2, -0.15) is 0 Å². The van der Waals surface area contributed by atoms with Gasteiger partial charge in [0.15, 0.2) is 6.04 Å². The van der Waals surface area contributed by atoms with Gasteiger partial charge in [-0.1, -0.05) is 41.9 Å². The molecule has 8 heteroatoms. The van der Waals surface area contributed by atoms with Gasteiger partial charge in [-0.25, -0.2) is 0 Å². The molecule has 3 heterocycles. The number of rotatable bonds is 6. The first kappa shape index (κ1) is 25.2. The molecule has 0 spiro atoms. The number of quaternary nitrogens is 1. The van der Waals surface area contributed by atoms with E-state index in [0.29, 0.717) is 49.0 Å². The van der Waals surface area contributed by atoms with E-state index in [2.05, 4.69) is 10.6 Å². The van der Waals surface area contributed by atoms with Gasteiger partial charge in [0, 0.05) is 48.1 Å². The molecule has 0 radical (unpaired) electrons. The van der Waals surface area contributed by atoms with Crippen molar-refractivity contribution in [3.8, 4) is 0 Å². The van der Waals surface area contributed by atoms with Crippen LogP contribution < -0.4 is 15.3 Å². The van der Waals surface area contributed by atoms with Gasteiger partial charge in [-0.05, 0) is 62.9 Å². The molecule has 2 aromatic carbocycles. The van der Waals surface area contributed by atoms with Gasteiger partial charge < -0.3 is 25.4 Å². The zero-order valence-corrected chi connectivity index (χ0v) is 21.4. The number of hydroxylamine groups is 2. The van der Waals surface area contributed by atoms with Crippen molar-refractivity contribution in [2.75, 3.05) is 32.7 Å². The van der Waals surface area contributed by atoms with Gasteiger partial charge >= 0.3 is 0 Å². The molecule has 2 atom stereocenters. The topological polar surface area (TPSA) is 84.5 Å². The zero-order valence-electron chi connectivity index (χ0n) is 20.6. The molecular formula is C28H35ClN4O3. The maximum Gasteiger partial charge on any atom is 0.282 e. The molecule has 2 N–H and O–H groups in total. The second kappa shape index (κ2) is 10.9. The van der Waals surface area contributed by atoms with Crippen LogP contribution in [-0.4, -0.2) is 55.5 Å². The summed E-state index contributed by atoms with van der Waals surface area (Å²) in [5.74, 6) is 0.468. The third-order valence-corrected chi connectivity index (χ3v) is 8.38. The summed E-state index contributed by atoms with van der Waals surface area (Å²) in [4.78, 5) is 28.3. The first-order valence-corrected chi connectivity index (χ1v) is 13.5. The number of hydrogen-bond donors (Lipinski definition) is 2. The van der Waals surface area contributed by atoms with Crippen molar-refractivity contribution in [1.29, 1.82) is 0 Å². The molecule has 0 bridgehead atoms. The predicted octanol–water partition coefficient (Wildman–Crippen LogP) is 3.62. The van der Waals surface area contributed by atoms with Gasteiger partial charge in [0.2, 0.25) is 5.91 Å². The van der Waals surface area contributed by atoms with Gasteiger partial charge in [-0.3, -0.25) is 9.59 Å². The van der Waals surface area contributed by atoms with Gasteiger partial charge in [0.25, 0.3) is 5.91 Å². The highest BCUT2D eigenvalue weighted by molar-refractivity contribution is 6.30. The molecule has 0 aliphatic carbocycles. The molecule has 3 aliphatic rings. The SMILES string of the molecule is O=C(NCC1CCNCC1)C1CCN(C(=O)C2Cc3ccccc3[N+]2([O-])Cc2ccc(Cl)cc2)CC1. The summed E-state index contributed by atoms with van der Waals surface area (Å²) in [7, 11) is 0. The third kappa shape index (κ3) is 5.30. The number of piperidine rings is 2. The van der Waals surface area contributed by atoms with E-state index in [4.69, 9.17) is 11.6 Å². The lowest BCUT2D eigenvalue weighted by Crippen LogP contribution is -2.58. The fraction of sp³-hybridized carbons (Fsp3) is 0.500. The highest BCUT2D eigenvalue weighted by Crippen LogP contribution is 2.41. The van der Waals surface area contributed by atoms with E-state index in [0.717, 1.165) is 43.6 Å². The maximum absolute atomic E-state index is 14.4. The van der Waals surface area contributed by atoms with Crippen LogP contribution in [-0.2, 0) is 22.6 Å². The van der Waals surface area contributed by atoms with Crippen molar-refractivity contribution in [3.63, 3.8) is 0 Å². The Morgan fingerprint density at radius 2 is 1.72 bits per heavy atom. The van der Waals surface area contributed by atoms with Crippen LogP contribution in [0.1, 0.15) is 36.8 Å². The first-order valence-electron chi connectivity index (χ1n) is 13.1. The van der Waals surface area contributed by atoms with Gasteiger partial charge in [0.05, 0.1) is 0 Å². The number of carbonyl (C=O) groups excluding carboxylic acids is 2. The standard InChI is InChI=1S/C28H35ClN4O3/c29-24-7-5-21(6-8-24)19-33(36)25-4-2-1-3-23(25)17-26(33)28(35)32-15-11-22(12-16-32)27(34)31-18-20-9-13-30-14-10-20/h1-8,20,22,26,30H,9-19H2,(H,31,34). The Hall–Kier alpha value is -2.45. The number of carbonyl (C=O) groups is 2. The monoisotopic (exact) mass is 510 g/mol. The highest BCUT2D eigenvalue weighted by atomic mass is 35.5. The number of halogens is 1. The summed E-state index contributed by atoms with van der Waals surface area (Å²) in [5, 5.41) is 21.5. The van der Waals surface area contributed by atoms with Crippen LogP contribution in [0.5, 0.6) is 0 Å². The van der Waals surface area contributed by atoms with E-state index in [-0.39, 0.29) is 24.3 Å². The number of amides is 2. The minimum absolute atomic E-state index is 0.0721. The molecule has 192 valence electrons. The summed E-state index contributed by atoms with van der Waals surface area (Å²) in [5.41, 5.74) is 2.46. The van der Waals surface area contributed by atoms with E-state index in [1.807, 2.05) is 36.4 Å². The van der Waals surface area contributed by atoms with E-state index >= 15 is 0 Å². The second-order valence-electron chi connectivity index (χ2n) is 10.5. The van der Waals surface area contributed by atoms with E-state index < -0.39 is 10.7 Å². The summed E-state index contributed by atoms with van der Waals surface area (Å²) in [6.45, 7) is 3.98. The van der Waals surface area contributed by atoms with Gasteiger partial charge in [0.1, 0.15) is 12.2 Å². The molecule has 2 aromatic rings. The predicted molar refractivity (Wildman–Crippen MR) is 142 cm³/mol. The van der Waals surface area contributed by atoms with E-state index in [1.54, 1.807) is 17.0 Å². The molecule has 5 rings (SSSR count). The zero-order chi connectivity index (χ0) is 25.1. The van der Waals surface area contributed by atoms with Crippen molar-refractivity contribution in [2.45, 2.75) is 44.7 Å². The number of likely N-dealkylation sites (tertiary alicyclic amines) is 1. The molecule has 2 unspecified atom stereocenters. The largest absolute Gasteiger partial charge is 0.627 e. The normalized spacial score (nSPS) is 24.9. The summed E-state index contributed by atoms with van der Waals surface area (Å²) in [6, 6.07) is 14.2. The molecule has 7 nitrogen and oxygen atoms in total. The molecule has 0 saturated carbocycles. The maximum atomic E-state index is 14.4. The quantitative estimate of drug-likeness (QED) is 0.459. The van der Waals surface area contributed by atoms with Crippen LogP contribution in [0.4, 0.5) is 5.69 Å². The van der Waals surface area contributed by atoms with Gasteiger partial charge in [-0.15, -0.1) is 0 Å². The molecule has 2 saturated heterocycles. The lowest BCUT2D eigenvalue weighted by atomic mass is 9.94. The fourth-order valence-corrected chi connectivity index (χ4v) is 6.07. The average Bonchev–Trinajstić information content (AvgIpc) is 3.21. The Labute approximate surface area is 218 Å². The number of fused-ring (bicyclic) bond motifs is 1. The Bertz CT molecular complexity index is 1080. The second-order valence-corrected chi connectivity index (χ2v) is 10.9. The van der Waals surface area contributed by atoms with Crippen LogP contribution in [0.25, 0.3) is 0 Å². The number of nitrogens with zero attached hydrogens (tertiary/aromatic N) is 2.